The highest BCUT2D eigenvalue weighted by Crippen LogP contribution is 2.31. The summed E-state index contributed by atoms with van der Waals surface area (Å²) in [6.07, 6.45) is 1.19. The number of hydrogen-bond donors (Lipinski definition) is 1. The van der Waals surface area contributed by atoms with E-state index in [1.165, 1.54) is 28.8 Å². The van der Waals surface area contributed by atoms with E-state index in [1.807, 2.05) is 0 Å². The number of pyridine rings is 1. The van der Waals surface area contributed by atoms with E-state index in [0.717, 1.165) is 12.1 Å². The molecule has 0 atom stereocenters. The van der Waals surface area contributed by atoms with Crippen molar-refractivity contribution in [2.75, 3.05) is 0 Å². The van der Waals surface area contributed by atoms with Gasteiger partial charge in [-0.3, -0.25) is 4.40 Å². The van der Waals surface area contributed by atoms with Gasteiger partial charge in [0, 0.05) is 11.8 Å². The van der Waals surface area contributed by atoms with Crippen molar-refractivity contribution in [1.29, 1.82) is 0 Å². The Labute approximate surface area is 121 Å². The van der Waals surface area contributed by atoms with Crippen molar-refractivity contribution in [3.8, 4) is 11.3 Å². The quantitative estimate of drug-likeness (QED) is 0.752. The molecule has 0 saturated carbocycles. The molecule has 0 aliphatic heterocycles. The highest BCUT2D eigenvalue weighted by molar-refractivity contribution is 5.88. The maximum atomic E-state index is 13.3. The number of fused-ring (bicyclic) bond motifs is 1. The van der Waals surface area contributed by atoms with E-state index < -0.39 is 17.6 Å². The first kappa shape index (κ1) is 13.8. The van der Waals surface area contributed by atoms with E-state index in [2.05, 4.69) is 10.2 Å². The molecule has 0 spiro atoms. The van der Waals surface area contributed by atoms with Gasteiger partial charge in [0.2, 0.25) is 5.82 Å². The molecule has 8 heteroatoms. The summed E-state index contributed by atoms with van der Waals surface area (Å²) in [7, 11) is 0. The minimum absolute atomic E-state index is 0.0384. The van der Waals surface area contributed by atoms with Crippen LogP contribution in [0.15, 0.2) is 41.7 Å². The molecule has 110 valence electrons. The fraction of sp³-hybridized carbons (Fsp3) is 0. The van der Waals surface area contributed by atoms with E-state index >= 15 is 0 Å². The zero-order chi connectivity index (χ0) is 15.9. The number of nitrogens with zero attached hydrogens (tertiary/aromatic N) is 3. The van der Waals surface area contributed by atoms with Crippen LogP contribution in [0, 0.1) is 16.5 Å². The molecule has 0 aliphatic rings. The third-order valence-corrected chi connectivity index (χ3v) is 3.12. The molecule has 0 aliphatic carbocycles. The highest BCUT2D eigenvalue weighted by Gasteiger charge is 2.17. The first-order chi connectivity index (χ1) is 10.5. The molecule has 1 aromatic carbocycles. The van der Waals surface area contributed by atoms with Crippen LogP contribution < -0.4 is 0 Å². The summed E-state index contributed by atoms with van der Waals surface area (Å²) < 4.78 is 27.5. The van der Waals surface area contributed by atoms with Crippen LogP contribution in [0.1, 0.15) is 10.4 Å². The molecular formula is C14H7F2N3O3. The standard InChI is InChI=1S/C14H7F2N3O3/c15-9-3-1-7(5-10(9)16)12-13(18-22)19-6-8(14(20)21)2-4-11(19)17-12/h1-6H,(H,20,21). The number of aromatic nitrogens is 2. The van der Waals surface area contributed by atoms with Gasteiger partial charge in [-0.2, -0.15) is 0 Å². The Balaban J connectivity index is 2.27. The molecule has 6 nitrogen and oxygen atoms in total. The molecule has 0 saturated heterocycles. The summed E-state index contributed by atoms with van der Waals surface area (Å²) >= 11 is 0. The van der Waals surface area contributed by atoms with Gasteiger partial charge in [0.25, 0.3) is 0 Å². The van der Waals surface area contributed by atoms with E-state index in [0.29, 0.717) is 0 Å². The van der Waals surface area contributed by atoms with Gasteiger partial charge in [0.1, 0.15) is 11.3 Å². The minimum Gasteiger partial charge on any atom is -0.478 e. The number of benzene rings is 1. The number of halogens is 2. The minimum atomic E-state index is -1.18. The number of aromatic carboxylic acids is 1. The Kier molecular flexibility index (Phi) is 3.13. The Bertz CT molecular complexity index is 921. The van der Waals surface area contributed by atoms with Gasteiger partial charge in [0.15, 0.2) is 11.6 Å². The van der Waals surface area contributed by atoms with Crippen LogP contribution in [-0.2, 0) is 0 Å². The first-order valence-corrected chi connectivity index (χ1v) is 6.05. The predicted molar refractivity (Wildman–Crippen MR) is 73.0 cm³/mol. The van der Waals surface area contributed by atoms with Crippen molar-refractivity contribution in [2.45, 2.75) is 0 Å². The van der Waals surface area contributed by atoms with Crippen LogP contribution >= 0.6 is 0 Å². The van der Waals surface area contributed by atoms with E-state index in [9.17, 15) is 18.5 Å². The zero-order valence-electron chi connectivity index (χ0n) is 10.8. The second-order valence-corrected chi connectivity index (χ2v) is 4.46. The second-order valence-electron chi connectivity index (χ2n) is 4.46. The fourth-order valence-electron chi connectivity index (χ4n) is 2.08. The molecular weight excluding hydrogens is 296 g/mol. The maximum Gasteiger partial charge on any atom is 0.337 e. The van der Waals surface area contributed by atoms with Crippen molar-refractivity contribution in [3.05, 3.63) is 58.6 Å². The number of carbonyl (C=O) groups is 1. The average Bonchev–Trinajstić information content (AvgIpc) is 2.87. The number of nitroso groups, excluding NO2 is 1. The molecule has 0 radical (unpaired) electrons. The van der Waals surface area contributed by atoms with E-state index in [1.54, 1.807) is 0 Å². The van der Waals surface area contributed by atoms with Gasteiger partial charge in [-0.05, 0) is 35.5 Å². The summed E-state index contributed by atoms with van der Waals surface area (Å²) in [5.74, 6) is -3.48. The Morgan fingerprint density at radius 1 is 1.18 bits per heavy atom. The zero-order valence-corrected chi connectivity index (χ0v) is 10.8. The normalized spacial score (nSPS) is 10.8. The lowest BCUT2D eigenvalue weighted by Gasteiger charge is -1.99. The van der Waals surface area contributed by atoms with Crippen molar-refractivity contribution in [2.24, 2.45) is 5.18 Å². The lowest BCUT2D eigenvalue weighted by Crippen LogP contribution is -1.98. The Morgan fingerprint density at radius 3 is 2.59 bits per heavy atom. The summed E-state index contributed by atoms with van der Waals surface area (Å²) in [5.41, 5.74) is 0.400. The third-order valence-electron chi connectivity index (χ3n) is 3.12. The van der Waals surface area contributed by atoms with E-state index in [4.69, 9.17) is 5.11 Å². The van der Waals surface area contributed by atoms with Gasteiger partial charge in [0.05, 0.1) is 5.56 Å². The van der Waals surface area contributed by atoms with Crippen molar-refractivity contribution in [3.63, 3.8) is 0 Å². The smallest absolute Gasteiger partial charge is 0.337 e. The monoisotopic (exact) mass is 303 g/mol. The maximum absolute atomic E-state index is 13.3. The summed E-state index contributed by atoms with van der Waals surface area (Å²) in [6.45, 7) is 0. The lowest BCUT2D eigenvalue weighted by atomic mass is 10.1. The van der Waals surface area contributed by atoms with Crippen LogP contribution in [-0.4, -0.2) is 20.5 Å². The van der Waals surface area contributed by atoms with Gasteiger partial charge in [-0.1, -0.05) is 0 Å². The van der Waals surface area contributed by atoms with Gasteiger partial charge < -0.3 is 5.11 Å². The molecule has 0 bridgehead atoms. The number of carboxylic acids is 1. The highest BCUT2D eigenvalue weighted by atomic mass is 19.2. The number of carboxylic acid groups (broad SMARTS) is 1. The molecule has 3 aromatic rings. The molecule has 2 aromatic heterocycles. The molecule has 0 fully saturated rings. The molecule has 22 heavy (non-hydrogen) atoms. The van der Waals surface area contributed by atoms with Crippen molar-refractivity contribution < 1.29 is 18.7 Å². The number of imidazole rings is 1. The molecule has 0 unspecified atom stereocenters. The van der Waals surface area contributed by atoms with E-state index in [-0.39, 0.29) is 28.3 Å². The Hall–Kier alpha value is -3.16. The fourth-order valence-corrected chi connectivity index (χ4v) is 2.08. The summed E-state index contributed by atoms with van der Waals surface area (Å²) in [5, 5.41) is 11.8. The molecule has 0 amide bonds. The van der Waals surface area contributed by atoms with Gasteiger partial charge in [-0.25, -0.2) is 18.6 Å². The number of rotatable bonds is 3. The van der Waals surface area contributed by atoms with Gasteiger partial charge >= 0.3 is 5.97 Å². The largest absolute Gasteiger partial charge is 0.478 e. The first-order valence-electron chi connectivity index (χ1n) is 6.05. The average molecular weight is 303 g/mol. The number of hydrogen-bond acceptors (Lipinski definition) is 4. The van der Waals surface area contributed by atoms with Crippen LogP contribution in [0.4, 0.5) is 14.6 Å². The summed E-state index contributed by atoms with van der Waals surface area (Å²) in [4.78, 5) is 26.2. The predicted octanol–water partition coefficient (Wildman–Crippen LogP) is 3.38. The van der Waals surface area contributed by atoms with Gasteiger partial charge in [-0.15, -0.1) is 4.91 Å². The van der Waals surface area contributed by atoms with Crippen molar-refractivity contribution in [1.82, 2.24) is 9.38 Å². The van der Waals surface area contributed by atoms with Crippen LogP contribution in [0.2, 0.25) is 0 Å². The van der Waals surface area contributed by atoms with Crippen LogP contribution in [0.5, 0.6) is 0 Å². The Morgan fingerprint density at radius 2 is 1.95 bits per heavy atom. The topological polar surface area (TPSA) is 84.0 Å². The van der Waals surface area contributed by atoms with Crippen LogP contribution in [0.25, 0.3) is 16.9 Å². The molecule has 3 rings (SSSR count). The summed E-state index contributed by atoms with van der Waals surface area (Å²) in [6, 6.07) is 5.76. The molecule has 1 N–H and O–H groups in total. The third kappa shape index (κ3) is 2.10. The second kappa shape index (κ2) is 4.99. The lowest BCUT2D eigenvalue weighted by molar-refractivity contribution is 0.0696. The van der Waals surface area contributed by atoms with Crippen molar-refractivity contribution >= 4 is 17.4 Å². The molecule has 2 heterocycles. The van der Waals surface area contributed by atoms with Crippen LogP contribution in [0.3, 0.4) is 0 Å². The SMILES string of the molecule is O=Nc1c(-c2ccc(F)c(F)c2)nc2ccc(C(=O)O)cn12.